The maximum absolute atomic E-state index is 11.5. The number of rotatable bonds is 3. The van der Waals surface area contributed by atoms with Gasteiger partial charge < -0.3 is 4.90 Å². The Hall–Kier alpha value is -1.41. The van der Waals surface area contributed by atoms with Crippen molar-refractivity contribution in [3.05, 3.63) is 16.1 Å². The molecule has 16 heavy (non-hydrogen) atoms. The molecule has 1 aliphatic rings. The molecule has 84 valence electrons. The summed E-state index contributed by atoms with van der Waals surface area (Å²) in [7, 11) is 0. The summed E-state index contributed by atoms with van der Waals surface area (Å²) in [6.45, 7) is 3.24. The van der Waals surface area contributed by atoms with E-state index in [9.17, 15) is 4.79 Å². The lowest BCUT2D eigenvalue weighted by Crippen LogP contribution is -2.27. The summed E-state index contributed by atoms with van der Waals surface area (Å²) in [5.74, 6) is -0.0248. The van der Waals surface area contributed by atoms with Crippen molar-refractivity contribution < 1.29 is 4.79 Å². The smallest absolute Gasteiger partial charge is 0.224 e. The summed E-state index contributed by atoms with van der Waals surface area (Å²) in [5, 5.41) is 11.8. The van der Waals surface area contributed by atoms with E-state index in [-0.39, 0.29) is 11.8 Å². The molecule has 1 amide bonds. The van der Waals surface area contributed by atoms with Gasteiger partial charge in [-0.05, 0) is 6.92 Å². The minimum atomic E-state index is -0.121. The third-order valence-electron chi connectivity index (χ3n) is 2.70. The molecule has 1 fully saturated rings. The molecular formula is C11H13N3OS. The second-order valence-electron chi connectivity index (χ2n) is 3.98. The molecule has 1 aromatic rings. The van der Waals surface area contributed by atoms with Gasteiger partial charge >= 0.3 is 0 Å². The van der Waals surface area contributed by atoms with Crippen LogP contribution in [0.25, 0.3) is 0 Å². The largest absolute Gasteiger partial charge is 0.341 e. The van der Waals surface area contributed by atoms with Crippen LogP contribution in [0, 0.1) is 24.2 Å². The molecule has 1 aromatic heterocycles. The third kappa shape index (κ3) is 2.39. The van der Waals surface area contributed by atoms with E-state index in [4.69, 9.17) is 5.26 Å². The van der Waals surface area contributed by atoms with Crippen LogP contribution < -0.4 is 0 Å². The zero-order valence-corrected chi connectivity index (χ0v) is 9.96. The predicted octanol–water partition coefficient (Wildman–Crippen LogP) is 1.37. The third-order valence-corrected chi connectivity index (χ3v) is 3.52. The molecular weight excluding hydrogens is 222 g/mol. The zero-order valence-electron chi connectivity index (χ0n) is 9.14. The van der Waals surface area contributed by atoms with Crippen LogP contribution in [0.15, 0.2) is 5.38 Å². The van der Waals surface area contributed by atoms with Crippen molar-refractivity contribution in [1.29, 1.82) is 5.26 Å². The van der Waals surface area contributed by atoms with E-state index < -0.39 is 0 Å². The first-order valence-corrected chi connectivity index (χ1v) is 6.15. The number of carbonyl (C=O) groups is 1. The lowest BCUT2D eigenvalue weighted by atomic mass is 10.1. The van der Waals surface area contributed by atoms with Crippen molar-refractivity contribution in [3.63, 3.8) is 0 Å². The monoisotopic (exact) mass is 235 g/mol. The lowest BCUT2D eigenvalue weighted by Gasteiger charge is -2.14. The molecule has 0 radical (unpaired) electrons. The summed E-state index contributed by atoms with van der Waals surface area (Å²) in [4.78, 5) is 17.6. The van der Waals surface area contributed by atoms with E-state index in [1.165, 1.54) is 0 Å². The molecule has 1 saturated heterocycles. The van der Waals surface area contributed by atoms with Crippen molar-refractivity contribution in [2.24, 2.45) is 5.92 Å². The number of nitriles is 1. The van der Waals surface area contributed by atoms with Crippen LogP contribution in [-0.4, -0.2) is 28.9 Å². The van der Waals surface area contributed by atoms with E-state index in [0.717, 1.165) is 17.1 Å². The summed E-state index contributed by atoms with van der Waals surface area (Å²) in [5.41, 5.74) is 1.04. The number of aryl methyl sites for hydroxylation is 1. The van der Waals surface area contributed by atoms with E-state index in [1.807, 2.05) is 12.3 Å². The van der Waals surface area contributed by atoms with Gasteiger partial charge in [-0.3, -0.25) is 4.79 Å². The fourth-order valence-corrected chi connectivity index (χ4v) is 2.49. The fraction of sp³-hybridized carbons (Fsp3) is 0.545. The van der Waals surface area contributed by atoms with Crippen LogP contribution in [0.4, 0.5) is 0 Å². The molecule has 0 bridgehead atoms. The van der Waals surface area contributed by atoms with Gasteiger partial charge in [0.25, 0.3) is 0 Å². The quantitative estimate of drug-likeness (QED) is 0.795. The normalized spacial score (nSPS) is 20.1. The summed E-state index contributed by atoms with van der Waals surface area (Å²) in [6, 6.07) is 2.15. The molecule has 0 spiro atoms. The molecule has 1 unspecified atom stereocenters. The molecule has 2 heterocycles. The lowest BCUT2D eigenvalue weighted by molar-refractivity contribution is -0.127. The van der Waals surface area contributed by atoms with E-state index in [0.29, 0.717) is 19.5 Å². The minimum Gasteiger partial charge on any atom is -0.341 e. The Morgan fingerprint density at radius 3 is 3.12 bits per heavy atom. The Morgan fingerprint density at radius 1 is 1.75 bits per heavy atom. The van der Waals surface area contributed by atoms with Gasteiger partial charge in [0.2, 0.25) is 5.91 Å². The van der Waals surface area contributed by atoms with Gasteiger partial charge in [0.05, 0.1) is 22.7 Å². The number of thiazole rings is 1. The Morgan fingerprint density at radius 2 is 2.56 bits per heavy atom. The highest BCUT2D eigenvalue weighted by Gasteiger charge is 2.28. The van der Waals surface area contributed by atoms with Gasteiger partial charge in [0, 0.05) is 31.3 Å². The standard InChI is InChI=1S/C11H13N3OS/c1-8-13-10(7-16-8)2-3-14-6-9(5-12)4-11(14)15/h7,9H,2-4,6H2,1H3. The van der Waals surface area contributed by atoms with Crippen molar-refractivity contribution >= 4 is 17.2 Å². The first-order chi connectivity index (χ1) is 7.69. The molecule has 0 aromatic carbocycles. The highest BCUT2D eigenvalue weighted by atomic mass is 32.1. The maximum Gasteiger partial charge on any atom is 0.224 e. The summed E-state index contributed by atoms with van der Waals surface area (Å²) in [6.07, 6.45) is 1.17. The second-order valence-corrected chi connectivity index (χ2v) is 5.04. The Bertz CT molecular complexity index is 435. The first kappa shape index (κ1) is 11.1. The Kier molecular flexibility index (Phi) is 3.20. The van der Waals surface area contributed by atoms with E-state index in [1.54, 1.807) is 16.2 Å². The van der Waals surface area contributed by atoms with Crippen LogP contribution in [0.1, 0.15) is 17.1 Å². The molecule has 4 nitrogen and oxygen atoms in total. The van der Waals surface area contributed by atoms with Crippen LogP contribution in [0.3, 0.4) is 0 Å². The number of likely N-dealkylation sites (tertiary alicyclic amines) is 1. The van der Waals surface area contributed by atoms with Crippen LogP contribution in [0.5, 0.6) is 0 Å². The number of nitrogens with zero attached hydrogens (tertiary/aromatic N) is 3. The highest BCUT2D eigenvalue weighted by molar-refractivity contribution is 7.09. The van der Waals surface area contributed by atoms with Crippen LogP contribution in [-0.2, 0) is 11.2 Å². The maximum atomic E-state index is 11.5. The number of amides is 1. The molecule has 2 rings (SSSR count). The first-order valence-electron chi connectivity index (χ1n) is 5.27. The van der Waals surface area contributed by atoms with Crippen molar-refractivity contribution in [1.82, 2.24) is 9.88 Å². The van der Waals surface area contributed by atoms with Crippen molar-refractivity contribution in [2.75, 3.05) is 13.1 Å². The number of hydrogen-bond donors (Lipinski definition) is 0. The summed E-state index contributed by atoms with van der Waals surface area (Å²) >= 11 is 1.63. The average Bonchev–Trinajstić information content (AvgIpc) is 2.82. The predicted molar refractivity (Wildman–Crippen MR) is 60.9 cm³/mol. The Labute approximate surface area is 98.5 Å². The summed E-state index contributed by atoms with van der Waals surface area (Å²) < 4.78 is 0. The number of aromatic nitrogens is 1. The molecule has 1 atom stereocenters. The van der Waals surface area contributed by atoms with Crippen LogP contribution in [0.2, 0.25) is 0 Å². The fourth-order valence-electron chi connectivity index (χ4n) is 1.85. The van der Waals surface area contributed by atoms with Crippen LogP contribution >= 0.6 is 11.3 Å². The van der Waals surface area contributed by atoms with Gasteiger partial charge in [-0.25, -0.2) is 4.98 Å². The van der Waals surface area contributed by atoms with E-state index >= 15 is 0 Å². The molecule has 0 saturated carbocycles. The van der Waals surface area contributed by atoms with Gasteiger partial charge in [-0.2, -0.15) is 5.26 Å². The van der Waals surface area contributed by atoms with E-state index in [2.05, 4.69) is 11.1 Å². The second kappa shape index (κ2) is 4.62. The molecule has 0 N–H and O–H groups in total. The van der Waals surface area contributed by atoms with Gasteiger partial charge in [-0.15, -0.1) is 11.3 Å². The number of hydrogen-bond acceptors (Lipinski definition) is 4. The minimum absolute atomic E-state index is 0.0958. The van der Waals surface area contributed by atoms with Crippen molar-refractivity contribution in [2.45, 2.75) is 19.8 Å². The zero-order chi connectivity index (χ0) is 11.5. The molecule has 5 heteroatoms. The average molecular weight is 235 g/mol. The topological polar surface area (TPSA) is 57.0 Å². The highest BCUT2D eigenvalue weighted by Crippen LogP contribution is 2.17. The van der Waals surface area contributed by atoms with Gasteiger partial charge in [0.15, 0.2) is 0 Å². The van der Waals surface area contributed by atoms with Gasteiger partial charge in [0.1, 0.15) is 0 Å². The number of carbonyl (C=O) groups excluding carboxylic acids is 1. The van der Waals surface area contributed by atoms with Gasteiger partial charge in [-0.1, -0.05) is 0 Å². The Balaban J connectivity index is 1.87. The SMILES string of the molecule is Cc1nc(CCN2CC(C#N)CC2=O)cs1. The molecule has 0 aliphatic carbocycles. The molecule has 1 aliphatic heterocycles. The van der Waals surface area contributed by atoms with Crippen molar-refractivity contribution in [3.8, 4) is 6.07 Å².